The molecule has 3 aliphatic rings. The number of ether oxygens (including phenoxy) is 2. The molecule has 6 heteroatoms. The molecule has 0 radical (unpaired) electrons. The monoisotopic (exact) mass is 416 g/mol. The standard InChI is InChI=1S/C24H40N4O2/c1-23(2,3)28-13-11-26(12-14-28)15-17-29-22-6-4-5-21(19-22)27-16-18-30-24(20-27)7-9-25-10-8-24/h4-6,19,25H,7-18,20H2,1-3H3. The van der Waals surface area contributed by atoms with Crippen molar-refractivity contribution in [3.63, 3.8) is 0 Å². The molecule has 0 aliphatic carbocycles. The van der Waals surface area contributed by atoms with Gasteiger partial charge in [0, 0.05) is 63.1 Å². The Morgan fingerprint density at radius 3 is 2.57 bits per heavy atom. The van der Waals surface area contributed by atoms with Crippen LogP contribution < -0.4 is 15.0 Å². The highest BCUT2D eigenvalue weighted by molar-refractivity contribution is 5.51. The lowest BCUT2D eigenvalue weighted by Gasteiger charge is -2.46. The minimum atomic E-state index is 0.0234. The normalized spacial score (nSPS) is 23.6. The van der Waals surface area contributed by atoms with Crippen molar-refractivity contribution in [1.29, 1.82) is 0 Å². The van der Waals surface area contributed by atoms with Crippen LogP contribution in [0, 0.1) is 0 Å². The first-order chi connectivity index (χ1) is 14.4. The van der Waals surface area contributed by atoms with Crippen LogP contribution in [-0.4, -0.2) is 93.1 Å². The van der Waals surface area contributed by atoms with E-state index in [9.17, 15) is 0 Å². The Morgan fingerprint density at radius 2 is 1.83 bits per heavy atom. The van der Waals surface area contributed by atoms with Crippen LogP contribution in [0.15, 0.2) is 24.3 Å². The number of nitrogens with zero attached hydrogens (tertiary/aromatic N) is 3. The van der Waals surface area contributed by atoms with Gasteiger partial charge in [-0.3, -0.25) is 9.80 Å². The highest BCUT2D eigenvalue weighted by atomic mass is 16.5. The largest absolute Gasteiger partial charge is 0.492 e. The quantitative estimate of drug-likeness (QED) is 0.795. The van der Waals surface area contributed by atoms with Gasteiger partial charge in [0.2, 0.25) is 0 Å². The first-order valence-corrected chi connectivity index (χ1v) is 11.7. The number of rotatable bonds is 5. The molecule has 4 rings (SSSR count). The molecule has 1 aromatic carbocycles. The number of morpholine rings is 1. The molecule has 0 bridgehead atoms. The summed E-state index contributed by atoms with van der Waals surface area (Å²) in [6.45, 7) is 18.1. The smallest absolute Gasteiger partial charge is 0.121 e. The van der Waals surface area contributed by atoms with Gasteiger partial charge in [0.05, 0.1) is 12.2 Å². The summed E-state index contributed by atoms with van der Waals surface area (Å²) in [5.74, 6) is 0.978. The number of benzene rings is 1. The molecule has 30 heavy (non-hydrogen) atoms. The lowest BCUT2D eigenvalue weighted by molar-refractivity contribution is -0.0738. The lowest BCUT2D eigenvalue weighted by atomic mass is 9.90. The van der Waals surface area contributed by atoms with E-state index < -0.39 is 0 Å². The first-order valence-electron chi connectivity index (χ1n) is 11.7. The molecule has 0 saturated carbocycles. The molecule has 0 atom stereocenters. The number of piperidine rings is 1. The van der Waals surface area contributed by atoms with Crippen molar-refractivity contribution in [3.8, 4) is 5.75 Å². The molecule has 3 saturated heterocycles. The summed E-state index contributed by atoms with van der Waals surface area (Å²) in [5.41, 5.74) is 1.55. The van der Waals surface area contributed by atoms with Crippen LogP contribution in [0.1, 0.15) is 33.6 Å². The Hall–Kier alpha value is -1.34. The van der Waals surface area contributed by atoms with Gasteiger partial charge in [-0.25, -0.2) is 0 Å². The fourth-order valence-corrected chi connectivity index (χ4v) is 4.95. The third kappa shape index (κ3) is 5.47. The van der Waals surface area contributed by atoms with E-state index in [1.54, 1.807) is 0 Å². The zero-order chi connectivity index (χ0) is 21.0. The van der Waals surface area contributed by atoms with E-state index in [0.717, 1.165) is 90.7 Å². The van der Waals surface area contributed by atoms with Gasteiger partial charge >= 0.3 is 0 Å². The molecule has 6 nitrogen and oxygen atoms in total. The third-order valence-electron chi connectivity index (χ3n) is 6.94. The molecule has 3 heterocycles. The molecule has 3 fully saturated rings. The summed E-state index contributed by atoms with van der Waals surface area (Å²) in [6.07, 6.45) is 2.20. The summed E-state index contributed by atoms with van der Waals surface area (Å²) in [5, 5.41) is 3.45. The second-order valence-corrected chi connectivity index (χ2v) is 10.0. The van der Waals surface area contributed by atoms with E-state index in [-0.39, 0.29) is 11.1 Å². The second kappa shape index (κ2) is 9.43. The predicted octanol–water partition coefficient (Wildman–Crippen LogP) is 2.44. The van der Waals surface area contributed by atoms with Crippen LogP contribution in [-0.2, 0) is 4.74 Å². The highest BCUT2D eigenvalue weighted by Gasteiger charge is 2.37. The average molecular weight is 417 g/mol. The van der Waals surface area contributed by atoms with Crippen molar-refractivity contribution < 1.29 is 9.47 Å². The van der Waals surface area contributed by atoms with Crippen molar-refractivity contribution in [2.24, 2.45) is 0 Å². The molecule has 168 valence electrons. The Balaban J connectivity index is 1.26. The van der Waals surface area contributed by atoms with Gasteiger partial charge in [0.15, 0.2) is 0 Å². The number of piperazine rings is 1. The molecule has 0 amide bonds. The van der Waals surface area contributed by atoms with Crippen LogP contribution in [0.4, 0.5) is 5.69 Å². The Kier molecular flexibility index (Phi) is 6.88. The summed E-state index contributed by atoms with van der Waals surface area (Å²) < 4.78 is 12.4. The molecule has 1 N–H and O–H groups in total. The molecule has 0 unspecified atom stereocenters. The Morgan fingerprint density at radius 1 is 1.07 bits per heavy atom. The summed E-state index contributed by atoms with van der Waals surface area (Å²) in [7, 11) is 0. The van der Waals surface area contributed by atoms with E-state index in [2.05, 4.69) is 65.1 Å². The fourth-order valence-electron chi connectivity index (χ4n) is 4.95. The molecular formula is C24H40N4O2. The number of hydrogen-bond donors (Lipinski definition) is 1. The van der Waals surface area contributed by atoms with Crippen LogP contribution in [0.25, 0.3) is 0 Å². The summed E-state index contributed by atoms with van der Waals surface area (Å²) in [4.78, 5) is 7.58. The zero-order valence-electron chi connectivity index (χ0n) is 19.2. The van der Waals surface area contributed by atoms with E-state index in [0.29, 0.717) is 0 Å². The minimum Gasteiger partial charge on any atom is -0.492 e. The average Bonchev–Trinajstić information content (AvgIpc) is 2.74. The fraction of sp³-hybridized carbons (Fsp3) is 0.750. The number of anilines is 1. The summed E-state index contributed by atoms with van der Waals surface area (Å²) in [6, 6.07) is 8.62. The van der Waals surface area contributed by atoms with Crippen molar-refractivity contribution >= 4 is 5.69 Å². The van der Waals surface area contributed by atoms with E-state index >= 15 is 0 Å². The topological polar surface area (TPSA) is 40.2 Å². The van der Waals surface area contributed by atoms with Crippen LogP contribution in [0.2, 0.25) is 0 Å². The molecule has 1 aromatic rings. The molecule has 1 spiro atoms. The van der Waals surface area contributed by atoms with Gasteiger partial charge in [-0.1, -0.05) is 6.07 Å². The van der Waals surface area contributed by atoms with Crippen molar-refractivity contribution in [1.82, 2.24) is 15.1 Å². The number of hydrogen-bond acceptors (Lipinski definition) is 6. The Labute approximate surface area is 182 Å². The maximum atomic E-state index is 6.23. The van der Waals surface area contributed by atoms with Gasteiger partial charge in [0.1, 0.15) is 12.4 Å². The van der Waals surface area contributed by atoms with Gasteiger partial charge in [-0.05, 0) is 58.8 Å². The maximum absolute atomic E-state index is 6.23. The van der Waals surface area contributed by atoms with Gasteiger partial charge < -0.3 is 19.7 Å². The number of nitrogens with one attached hydrogen (secondary N) is 1. The van der Waals surface area contributed by atoms with Gasteiger partial charge in [0.25, 0.3) is 0 Å². The SMILES string of the molecule is CC(C)(C)N1CCN(CCOc2cccc(N3CCOC4(CCNCC4)C3)c2)CC1. The summed E-state index contributed by atoms with van der Waals surface area (Å²) >= 11 is 0. The third-order valence-corrected chi connectivity index (χ3v) is 6.94. The van der Waals surface area contributed by atoms with E-state index in [1.807, 2.05) is 0 Å². The first kappa shape index (κ1) is 21.9. The minimum absolute atomic E-state index is 0.0234. The zero-order valence-corrected chi connectivity index (χ0v) is 19.2. The van der Waals surface area contributed by atoms with Crippen molar-refractivity contribution in [2.75, 3.05) is 77.0 Å². The van der Waals surface area contributed by atoms with Crippen LogP contribution >= 0.6 is 0 Å². The van der Waals surface area contributed by atoms with Crippen LogP contribution in [0.5, 0.6) is 5.75 Å². The van der Waals surface area contributed by atoms with E-state index in [1.165, 1.54) is 5.69 Å². The molecule has 0 aromatic heterocycles. The lowest BCUT2D eigenvalue weighted by Crippen LogP contribution is -2.56. The molecule has 3 aliphatic heterocycles. The maximum Gasteiger partial charge on any atom is 0.121 e. The second-order valence-electron chi connectivity index (χ2n) is 10.0. The van der Waals surface area contributed by atoms with Gasteiger partial charge in [-0.2, -0.15) is 0 Å². The van der Waals surface area contributed by atoms with Crippen LogP contribution in [0.3, 0.4) is 0 Å². The van der Waals surface area contributed by atoms with Gasteiger partial charge in [-0.15, -0.1) is 0 Å². The Bertz CT molecular complexity index is 671. The van der Waals surface area contributed by atoms with Crippen molar-refractivity contribution in [3.05, 3.63) is 24.3 Å². The van der Waals surface area contributed by atoms with E-state index in [4.69, 9.17) is 9.47 Å². The highest BCUT2D eigenvalue weighted by Crippen LogP contribution is 2.31. The predicted molar refractivity (Wildman–Crippen MR) is 123 cm³/mol. The van der Waals surface area contributed by atoms with Crippen molar-refractivity contribution in [2.45, 2.75) is 44.8 Å². The molecular weight excluding hydrogens is 376 g/mol.